The van der Waals surface area contributed by atoms with Crippen LogP contribution in [0.5, 0.6) is 5.75 Å². The minimum Gasteiger partial charge on any atom is -0.485 e. The lowest BCUT2D eigenvalue weighted by Gasteiger charge is -2.13. The first-order chi connectivity index (χ1) is 8.58. The van der Waals surface area contributed by atoms with Crippen molar-refractivity contribution in [2.75, 3.05) is 0 Å². The molecule has 0 aliphatic heterocycles. The van der Waals surface area contributed by atoms with E-state index in [9.17, 15) is 4.39 Å². The predicted octanol–water partition coefficient (Wildman–Crippen LogP) is 1.55. The zero-order valence-electron chi connectivity index (χ0n) is 10.3. The second-order valence-corrected chi connectivity index (χ2v) is 4.06. The Labute approximate surface area is 104 Å². The highest BCUT2D eigenvalue weighted by molar-refractivity contribution is 5.36. The molecule has 0 amide bonds. The number of benzene rings is 1. The van der Waals surface area contributed by atoms with Crippen LogP contribution in [-0.4, -0.2) is 14.8 Å². The Morgan fingerprint density at radius 1 is 1.50 bits per heavy atom. The molecule has 0 bridgehead atoms. The third-order valence-electron chi connectivity index (χ3n) is 2.62. The van der Waals surface area contributed by atoms with Gasteiger partial charge in [-0.1, -0.05) is 0 Å². The normalized spacial score (nSPS) is 12.4. The molecule has 1 aromatic carbocycles. The average Bonchev–Trinajstić information content (AvgIpc) is 2.73. The van der Waals surface area contributed by atoms with Gasteiger partial charge in [-0.25, -0.2) is 9.37 Å². The lowest BCUT2D eigenvalue weighted by atomic mass is 10.1. The highest BCUT2D eigenvalue weighted by Gasteiger charge is 2.10. The van der Waals surface area contributed by atoms with E-state index in [-0.39, 0.29) is 18.5 Å². The first-order valence-corrected chi connectivity index (χ1v) is 5.58. The molecule has 0 fully saturated rings. The summed E-state index contributed by atoms with van der Waals surface area (Å²) < 4.78 is 20.4. The molecule has 2 N–H and O–H groups in total. The van der Waals surface area contributed by atoms with Crippen LogP contribution in [0.15, 0.2) is 24.5 Å². The van der Waals surface area contributed by atoms with Gasteiger partial charge in [0.15, 0.2) is 5.82 Å². The van der Waals surface area contributed by atoms with Crippen LogP contribution in [0.3, 0.4) is 0 Å². The second-order valence-electron chi connectivity index (χ2n) is 4.06. The number of rotatable bonds is 4. The molecule has 2 rings (SSSR count). The highest BCUT2D eigenvalue weighted by Crippen LogP contribution is 2.25. The Morgan fingerprint density at radius 2 is 2.28 bits per heavy atom. The van der Waals surface area contributed by atoms with Gasteiger partial charge < -0.3 is 10.5 Å². The van der Waals surface area contributed by atoms with Gasteiger partial charge in [0.1, 0.15) is 24.5 Å². The number of hydrogen-bond acceptors (Lipinski definition) is 4. The number of aryl methyl sites for hydroxylation is 1. The van der Waals surface area contributed by atoms with Crippen LogP contribution in [0.2, 0.25) is 0 Å². The SMILES string of the molecule is C[C@@H](N)c1cc(F)ccc1OCc1ncnn1C. The van der Waals surface area contributed by atoms with Crippen LogP contribution in [0, 0.1) is 5.82 Å². The minimum atomic E-state index is -0.326. The zero-order chi connectivity index (χ0) is 13.1. The fourth-order valence-electron chi connectivity index (χ4n) is 1.60. The van der Waals surface area contributed by atoms with Crippen molar-refractivity contribution in [3.05, 3.63) is 41.7 Å². The van der Waals surface area contributed by atoms with E-state index >= 15 is 0 Å². The maximum absolute atomic E-state index is 13.1. The summed E-state index contributed by atoms with van der Waals surface area (Å²) in [5.41, 5.74) is 6.42. The highest BCUT2D eigenvalue weighted by atomic mass is 19.1. The fraction of sp³-hybridized carbons (Fsp3) is 0.333. The van der Waals surface area contributed by atoms with E-state index in [0.717, 1.165) is 0 Å². The van der Waals surface area contributed by atoms with Crippen molar-refractivity contribution in [1.29, 1.82) is 0 Å². The predicted molar refractivity (Wildman–Crippen MR) is 64.3 cm³/mol. The standard InChI is InChI=1S/C12H15FN4O/c1-8(14)10-5-9(13)3-4-11(10)18-6-12-15-7-16-17(12)2/h3-5,7-8H,6,14H2,1-2H3/t8-/m1/s1. The van der Waals surface area contributed by atoms with Crippen molar-refractivity contribution in [3.8, 4) is 5.75 Å². The Kier molecular flexibility index (Phi) is 3.57. The molecule has 0 spiro atoms. The number of nitrogens with zero attached hydrogens (tertiary/aromatic N) is 3. The number of nitrogens with two attached hydrogens (primary N) is 1. The quantitative estimate of drug-likeness (QED) is 0.894. The monoisotopic (exact) mass is 250 g/mol. The fourth-order valence-corrected chi connectivity index (χ4v) is 1.60. The molecule has 0 unspecified atom stereocenters. The topological polar surface area (TPSA) is 66.0 Å². The maximum atomic E-state index is 13.1. The van der Waals surface area contributed by atoms with Crippen molar-refractivity contribution in [2.24, 2.45) is 12.8 Å². The third kappa shape index (κ3) is 2.65. The van der Waals surface area contributed by atoms with Crippen molar-refractivity contribution in [2.45, 2.75) is 19.6 Å². The molecule has 96 valence electrons. The van der Waals surface area contributed by atoms with Gasteiger partial charge in [0, 0.05) is 18.7 Å². The van der Waals surface area contributed by atoms with Gasteiger partial charge >= 0.3 is 0 Å². The van der Waals surface area contributed by atoms with Gasteiger partial charge in [-0.15, -0.1) is 0 Å². The average molecular weight is 250 g/mol. The summed E-state index contributed by atoms with van der Waals surface area (Å²) in [6.07, 6.45) is 1.45. The van der Waals surface area contributed by atoms with E-state index in [1.165, 1.54) is 18.5 Å². The smallest absolute Gasteiger partial charge is 0.164 e. The maximum Gasteiger partial charge on any atom is 0.164 e. The number of aromatic nitrogens is 3. The summed E-state index contributed by atoms with van der Waals surface area (Å²) in [7, 11) is 1.78. The van der Waals surface area contributed by atoms with Crippen LogP contribution in [-0.2, 0) is 13.7 Å². The van der Waals surface area contributed by atoms with E-state index in [4.69, 9.17) is 10.5 Å². The van der Waals surface area contributed by atoms with Gasteiger partial charge in [-0.05, 0) is 25.1 Å². The van der Waals surface area contributed by atoms with Gasteiger partial charge in [0.2, 0.25) is 0 Å². The van der Waals surface area contributed by atoms with Gasteiger partial charge in [0.05, 0.1) is 0 Å². The molecule has 1 heterocycles. The molecule has 0 saturated carbocycles. The van der Waals surface area contributed by atoms with E-state index in [0.29, 0.717) is 17.1 Å². The molecule has 5 nitrogen and oxygen atoms in total. The minimum absolute atomic E-state index is 0.266. The van der Waals surface area contributed by atoms with Gasteiger partial charge in [-0.2, -0.15) is 5.10 Å². The molecular formula is C12H15FN4O. The van der Waals surface area contributed by atoms with Gasteiger partial charge in [-0.3, -0.25) is 4.68 Å². The van der Waals surface area contributed by atoms with Crippen LogP contribution in [0.4, 0.5) is 4.39 Å². The number of ether oxygens (including phenoxy) is 1. The summed E-state index contributed by atoms with van der Waals surface area (Å²) in [4.78, 5) is 4.04. The largest absolute Gasteiger partial charge is 0.485 e. The lowest BCUT2D eigenvalue weighted by Crippen LogP contribution is -2.10. The second kappa shape index (κ2) is 5.14. The van der Waals surface area contributed by atoms with Crippen LogP contribution < -0.4 is 10.5 Å². The molecule has 1 aromatic heterocycles. The third-order valence-corrected chi connectivity index (χ3v) is 2.62. The zero-order valence-corrected chi connectivity index (χ0v) is 10.3. The Morgan fingerprint density at radius 3 is 2.89 bits per heavy atom. The summed E-state index contributed by atoms with van der Waals surface area (Å²) in [6.45, 7) is 2.05. The first-order valence-electron chi connectivity index (χ1n) is 5.58. The Hall–Kier alpha value is -1.95. The van der Waals surface area contributed by atoms with Crippen LogP contribution in [0.25, 0.3) is 0 Å². The lowest BCUT2D eigenvalue weighted by molar-refractivity contribution is 0.285. The summed E-state index contributed by atoms with van der Waals surface area (Å²) in [5, 5.41) is 3.94. The molecule has 18 heavy (non-hydrogen) atoms. The van der Waals surface area contributed by atoms with Crippen LogP contribution in [0.1, 0.15) is 24.4 Å². The summed E-state index contributed by atoms with van der Waals surface area (Å²) in [5.74, 6) is 0.928. The summed E-state index contributed by atoms with van der Waals surface area (Å²) in [6, 6.07) is 4.01. The number of halogens is 1. The van der Waals surface area contributed by atoms with Crippen molar-refractivity contribution in [3.63, 3.8) is 0 Å². The first kappa shape index (κ1) is 12.5. The van der Waals surface area contributed by atoms with Crippen molar-refractivity contribution in [1.82, 2.24) is 14.8 Å². The van der Waals surface area contributed by atoms with Crippen LogP contribution >= 0.6 is 0 Å². The molecule has 0 aliphatic carbocycles. The molecule has 1 atom stereocenters. The summed E-state index contributed by atoms with van der Waals surface area (Å²) >= 11 is 0. The van der Waals surface area contributed by atoms with E-state index in [1.807, 2.05) is 0 Å². The number of hydrogen-bond donors (Lipinski definition) is 1. The van der Waals surface area contributed by atoms with Crippen molar-refractivity contribution >= 4 is 0 Å². The molecule has 0 radical (unpaired) electrons. The molecule has 2 aromatic rings. The van der Waals surface area contributed by atoms with E-state index in [2.05, 4.69) is 10.1 Å². The Bertz CT molecular complexity index is 539. The van der Waals surface area contributed by atoms with Crippen molar-refractivity contribution < 1.29 is 9.13 Å². The molecule has 0 aliphatic rings. The van der Waals surface area contributed by atoms with E-state index in [1.54, 1.807) is 24.7 Å². The molecular weight excluding hydrogens is 235 g/mol. The van der Waals surface area contributed by atoms with E-state index < -0.39 is 0 Å². The van der Waals surface area contributed by atoms with Gasteiger partial charge in [0.25, 0.3) is 0 Å². The Balaban J connectivity index is 2.16. The molecule has 6 heteroatoms. The molecule has 0 saturated heterocycles.